The number of benzene rings is 2. The second kappa shape index (κ2) is 8.06. The molecule has 0 radical (unpaired) electrons. The zero-order valence-electron chi connectivity index (χ0n) is 14.5. The third-order valence-corrected chi connectivity index (χ3v) is 3.89. The van der Waals surface area contributed by atoms with Gasteiger partial charge in [-0.3, -0.25) is 4.79 Å². The molecule has 0 saturated carbocycles. The molecule has 0 atom stereocenters. The average Bonchev–Trinajstić information content (AvgIpc) is 2.65. The van der Waals surface area contributed by atoms with Crippen molar-refractivity contribution in [1.82, 2.24) is 5.32 Å². The van der Waals surface area contributed by atoms with E-state index in [0.717, 1.165) is 6.42 Å². The minimum Gasteiger partial charge on any atom is -0.478 e. The van der Waals surface area contributed by atoms with Gasteiger partial charge in [-0.25, -0.2) is 4.79 Å². The minimum atomic E-state index is -1.03. The van der Waals surface area contributed by atoms with Crippen LogP contribution in [-0.4, -0.2) is 23.5 Å². The first-order valence-corrected chi connectivity index (χ1v) is 8.12. The van der Waals surface area contributed by atoms with Gasteiger partial charge in [-0.05, 0) is 24.1 Å². The van der Waals surface area contributed by atoms with E-state index in [0.29, 0.717) is 28.9 Å². The number of amides is 1. The Bertz CT molecular complexity index is 875. The van der Waals surface area contributed by atoms with E-state index >= 15 is 0 Å². The maximum absolute atomic E-state index is 12.0. The van der Waals surface area contributed by atoms with Crippen LogP contribution in [0.5, 0.6) is 0 Å². The summed E-state index contributed by atoms with van der Waals surface area (Å²) >= 11 is 0. The normalized spacial score (nSPS) is 11.6. The quantitative estimate of drug-likeness (QED) is 0.395. The molecular formula is C19H22N4O3. The summed E-state index contributed by atoms with van der Waals surface area (Å²) in [6.45, 7) is 2.42. The highest BCUT2D eigenvalue weighted by atomic mass is 16.4. The topological polar surface area (TPSA) is 144 Å². The van der Waals surface area contributed by atoms with Crippen LogP contribution in [0.25, 0.3) is 16.8 Å². The van der Waals surface area contributed by atoms with E-state index in [1.54, 1.807) is 30.3 Å². The molecule has 0 spiro atoms. The number of aromatic carboxylic acids is 1. The number of carboxylic acid groups (broad SMARTS) is 1. The molecule has 7 heteroatoms. The lowest BCUT2D eigenvalue weighted by molar-refractivity contribution is -0.117. The van der Waals surface area contributed by atoms with Crippen LogP contribution < -0.4 is 22.5 Å². The Morgan fingerprint density at radius 3 is 2.46 bits per heavy atom. The van der Waals surface area contributed by atoms with Crippen molar-refractivity contribution in [3.8, 4) is 11.1 Å². The Kier molecular flexibility index (Phi) is 5.85. The van der Waals surface area contributed by atoms with Gasteiger partial charge in [-0.2, -0.15) is 0 Å². The average molecular weight is 354 g/mol. The van der Waals surface area contributed by atoms with Gasteiger partial charge in [0.25, 0.3) is 5.91 Å². The summed E-state index contributed by atoms with van der Waals surface area (Å²) in [7, 11) is 0. The number of anilines is 1. The summed E-state index contributed by atoms with van der Waals surface area (Å²) in [5.74, 6) is -1.49. The number of nitrogens with one attached hydrogen (secondary N) is 1. The fourth-order valence-electron chi connectivity index (χ4n) is 2.47. The third kappa shape index (κ3) is 3.94. The molecule has 0 unspecified atom stereocenters. The Labute approximate surface area is 151 Å². The summed E-state index contributed by atoms with van der Waals surface area (Å²) in [6.07, 6.45) is 0.774. The van der Waals surface area contributed by atoms with Gasteiger partial charge in [0, 0.05) is 23.4 Å². The molecule has 1 amide bonds. The van der Waals surface area contributed by atoms with Gasteiger partial charge < -0.3 is 27.6 Å². The Hall–Kier alpha value is -3.48. The monoisotopic (exact) mass is 354 g/mol. The van der Waals surface area contributed by atoms with E-state index in [1.807, 2.05) is 6.92 Å². The maximum Gasteiger partial charge on any atom is 0.335 e. The lowest BCUT2D eigenvalue weighted by Crippen LogP contribution is -2.31. The van der Waals surface area contributed by atoms with Crippen LogP contribution in [0.2, 0.25) is 0 Å². The number of nitrogens with two attached hydrogens (primary N) is 3. The van der Waals surface area contributed by atoms with Gasteiger partial charge in [0.2, 0.25) is 0 Å². The Balaban J connectivity index is 2.48. The van der Waals surface area contributed by atoms with Crippen molar-refractivity contribution in [2.45, 2.75) is 13.3 Å². The van der Waals surface area contributed by atoms with Crippen LogP contribution in [0.1, 0.15) is 29.3 Å². The molecule has 7 nitrogen and oxygen atoms in total. The molecule has 0 bridgehead atoms. The van der Waals surface area contributed by atoms with Gasteiger partial charge in [0.15, 0.2) is 0 Å². The molecule has 0 aliphatic heterocycles. The predicted octanol–water partition coefficient (Wildman–Crippen LogP) is 1.75. The van der Waals surface area contributed by atoms with Crippen LogP contribution in [0.15, 0.2) is 48.2 Å². The van der Waals surface area contributed by atoms with Gasteiger partial charge in [0.05, 0.1) is 11.3 Å². The molecule has 0 saturated heterocycles. The summed E-state index contributed by atoms with van der Waals surface area (Å²) in [5, 5.41) is 11.8. The highest BCUT2D eigenvalue weighted by molar-refractivity contribution is 6.01. The fourth-order valence-corrected chi connectivity index (χ4v) is 2.47. The van der Waals surface area contributed by atoms with Crippen molar-refractivity contribution in [2.75, 3.05) is 12.3 Å². The molecule has 2 rings (SSSR count). The molecule has 26 heavy (non-hydrogen) atoms. The molecule has 0 fully saturated rings. The number of rotatable bonds is 6. The first-order chi connectivity index (χ1) is 12.4. The highest BCUT2D eigenvalue weighted by Crippen LogP contribution is 2.31. The number of carboxylic acids is 1. The molecule has 0 aromatic heterocycles. The standard InChI is InChI=1S/C19H22N4O3/c1-2-9-23-18(24)17(22)16(21)14-8-4-7-13(15(14)20)11-5-3-6-12(10-11)19(25)26/h3-8,10H,2,9,20-22H2,1H3,(H,23,24)(H,25,26)/b17-16+. The SMILES string of the molecule is CCCNC(=O)/C(N)=C(\N)c1cccc(-c2cccc(C(=O)O)c2)c1N. The number of carbonyl (C=O) groups is 2. The van der Waals surface area contributed by atoms with Crippen LogP contribution in [0, 0.1) is 0 Å². The van der Waals surface area contributed by atoms with Crippen molar-refractivity contribution in [3.63, 3.8) is 0 Å². The zero-order chi connectivity index (χ0) is 19.3. The first-order valence-electron chi connectivity index (χ1n) is 8.12. The molecule has 0 aliphatic rings. The highest BCUT2D eigenvalue weighted by Gasteiger charge is 2.15. The lowest BCUT2D eigenvalue weighted by atomic mass is 9.97. The van der Waals surface area contributed by atoms with Crippen molar-refractivity contribution < 1.29 is 14.7 Å². The van der Waals surface area contributed by atoms with Crippen molar-refractivity contribution >= 4 is 23.3 Å². The van der Waals surface area contributed by atoms with E-state index in [-0.39, 0.29) is 17.0 Å². The molecule has 8 N–H and O–H groups in total. The summed E-state index contributed by atoms with van der Waals surface area (Å²) < 4.78 is 0. The first kappa shape index (κ1) is 18.9. The van der Waals surface area contributed by atoms with E-state index < -0.39 is 11.9 Å². The number of nitrogen functional groups attached to an aromatic ring is 1. The predicted molar refractivity (Wildman–Crippen MR) is 102 cm³/mol. The summed E-state index contributed by atoms with van der Waals surface area (Å²) in [6, 6.07) is 11.5. The number of carbonyl (C=O) groups excluding carboxylic acids is 1. The van der Waals surface area contributed by atoms with E-state index in [4.69, 9.17) is 22.3 Å². The van der Waals surface area contributed by atoms with Crippen LogP contribution >= 0.6 is 0 Å². The van der Waals surface area contributed by atoms with Crippen molar-refractivity contribution in [1.29, 1.82) is 0 Å². The second-order valence-electron chi connectivity index (χ2n) is 5.74. The smallest absolute Gasteiger partial charge is 0.335 e. The minimum absolute atomic E-state index is 0.0762. The zero-order valence-corrected chi connectivity index (χ0v) is 14.5. The van der Waals surface area contributed by atoms with Gasteiger partial charge in [-0.15, -0.1) is 0 Å². The second-order valence-corrected chi connectivity index (χ2v) is 5.74. The Morgan fingerprint density at radius 2 is 1.81 bits per heavy atom. The Morgan fingerprint density at radius 1 is 1.12 bits per heavy atom. The molecule has 2 aromatic carbocycles. The van der Waals surface area contributed by atoms with E-state index in [2.05, 4.69) is 5.32 Å². The van der Waals surface area contributed by atoms with E-state index in [1.165, 1.54) is 12.1 Å². The fraction of sp³-hybridized carbons (Fsp3) is 0.158. The molecule has 136 valence electrons. The van der Waals surface area contributed by atoms with Gasteiger partial charge >= 0.3 is 5.97 Å². The van der Waals surface area contributed by atoms with Crippen LogP contribution in [0.3, 0.4) is 0 Å². The molecular weight excluding hydrogens is 332 g/mol. The largest absolute Gasteiger partial charge is 0.478 e. The lowest BCUT2D eigenvalue weighted by Gasteiger charge is -2.14. The van der Waals surface area contributed by atoms with Crippen LogP contribution in [-0.2, 0) is 4.79 Å². The summed E-state index contributed by atoms with van der Waals surface area (Å²) in [4.78, 5) is 23.2. The van der Waals surface area contributed by atoms with Crippen LogP contribution in [0.4, 0.5) is 5.69 Å². The van der Waals surface area contributed by atoms with Crippen molar-refractivity contribution in [2.24, 2.45) is 11.5 Å². The molecule has 2 aromatic rings. The molecule has 0 heterocycles. The van der Waals surface area contributed by atoms with Crippen molar-refractivity contribution in [3.05, 3.63) is 59.3 Å². The molecule has 0 aliphatic carbocycles. The number of para-hydroxylation sites is 1. The number of hydrogen-bond donors (Lipinski definition) is 5. The van der Waals surface area contributed by atoms with E-state index in [9.17, 15) is 9.59 Å². The third-order valence-electron chi connectivity index (χ3n) is 3.89. The maximum atomic E-state index is 12.0. The van der Waals surface area contributed by atoms with Gasteiger partial charge in [-0.1, -0.05) is 37.3 Å². The number of hydrogen-bond acceptors (Lipinski definition) is 5. The summed E-state index contributed by atoms with van der Waals surface area (Å²) in [5.41, 5.74) is 20.2. The van der Waals surface area contributed by atoms with Gasteiger partial charge in [0.1, 0.15) is 5.70 Å².